The van der Waals surface area contributed by atoms with Crippen LogP contribution in [0.4, 0.5) is 8.78 Å². The Morgan fingerprint density at radius 1 is 1.18 bits per heavy atom. The lowest BCUT2D eigenvalue weighted by Gasteiger charge is -2.12. The smallest absolute Gasteiger partial charge is 0.268 e. The van der Waals surface area contributed by atoms with Crippen LogP contribution in [0.15, 0.2) is 52.4 Å². The van der Waals surface area contributed by atoms with Crippen molar-refractivity contribution >= 4 is 28.6 Å². The molecule has 0 saturated carbocycles. The molecular formula is C25H27F2N5OS. The number of rotatable bonds is 8. The number of nitrogens with zero attached hydrogens (tertiary/aromatic N) is 3. The zero-order valence-electron chi connectivity index (χ0n) is 19.6. The molecule has 0 spiro atoms. The number of aromatic amines is 1. The van der Waals surface area contributed by atoms with Crippen molar-refractivity contribution in [2.45, 2.75) is 29.7 Å². The van der Waals surface area contributed by atoms with Crippen LogP contribution >= 0.6 is 11.8 Å². The molecule has 9 heteroatoms. The van der Waals surface area contributed by atoms with E-state index in [0.717, 1.165) is 26.4 Å². The first-order valence-electron chi connectivity index (χ1n) is 10.9. The molecule has 0 saturated heterocycles. The van der Waals surface area contributed by atoms with Gasteiger partial charge in [-0.25, -0.2) is 8.78 Å². The van der Waals surface area contributed by atoms with E-state index in [1.54, 1.807) is 35.6 Å². The maximum Gasteiger partial charge on any atom is 0.268 e. The van der Waals surface area contributed by atoms with Crippen molar-refractivity contribution in [1.82, 2.24) is 25.0 Å². The Hall–Kier alpha value is -3.17. The van der Waals surface area contributed by atoms with Crippen molar-refractivity contribution in [1.29, 1.82) is 0 Å². The number of fused-ring (bicyclic) bond motifs is 1. The van der Waals surface area contributed by atoms with Crippen LogP contribution in [-0.2, 0) is 20.0 Å². The average Bonchev–Trinajstić information content (AvgIpc) is 3.36. The maximum absolute atomic E-state index is 14.5. The van der Waals surface area contributed by atoms with Crippen molar-refractivity contribution in [3.05, 3.63) is 76.7 Å². The predicted molar refractivity (Wildman–Crippen MR) is 130 cm³/mol. The van der Waals surface area contributed by atoms with Gasteiger partial charge in [0.25, 0.3) is 5.91 Å². The molecule has 0 aliphatic carbocycles. The molecule has 0 radical (unpaired) electrons. The van der Waals surface area contributed by atoms with Gasteiger partial charge in [0.05, 0.1) is 11.7 Å². The maximum atomic E-state index is 14.5. The number of amides is 1. The lowest BCUT2D eigenvalue weighted by Crippen LogP contribution is -2.26. The minimum atomic E-state index is -0.650. The third-order valence-electron chi connectivity index (χ3n) is 5.84. The number of nitrogens with one attached hydrogen (secondary N) is 2. The molecule has 2 aromatic carbocycles. The van der Waals surface area contributed by atoms with Gasteiger partial charge in [0.15, 0.2) is 0 Å². The van der Waals surface area contributed by atoms with E-state index in [-0.39, 0.29) is 12.1 Å². The van der Waals surface area contributed by atoms with Crippen molar-refractivity contribution in [3.8, 4) is 0 Å². The summed E-state index contributed by atoms with van der Waals surface area (Å²) in [6, 6.07) is 10.5. The summed E-state index contributed by atoms with van der Waals surface area (Å²) in [6.45, 7) is 2.40. The van der Waals surface area contributed by atoms with Crippen molar-refractivity contribution in [2.24, 2.45) is 7.05 Å². The Bertz CT molecular complexity index is 1320. The summed E-state index contributed by atoms with van der Waals surface area (Å²) >= 11 is 1.55. The molecule has 2 N–H and O–H groups in total. The number of aromatic nitrogens is 3. The molecule has 0 aliphatic rings. The van der Waals surface area contributed by atoms with Crippen LogP contribution in [0.2, 0.25) is 0 Å². The molecule has 6 nitrogen and oxygen atoms in total. The molecule has 0 bridgehead atoms. The lowest BCUT2D eigenvalue weighted by molar-refractivity contribution is 0.0942. The SMILES string of the molecule is Cc1c(Sc2ccc3[nH]ncc3c2)cc(C(=O)NCc2c(F)cc(CCN(C)C)cc2F)n1C. The highest BCUT2D eigenvalue weighted by atomic mass is 32.2. The van der Waals surface area contributed by atoms with Crippen molar-refractivity contribution in [2.75, 3.05) is 20.6 Å². The van der Waals surface area contributed by atoms with Gasteiger partial charge >= 0.3 is 0 Å². The number of likely N-dealkylation sites (N-methyl/N-ethyl adjacent to an activating group) is 1. The number of halogens is 2. The minimum absolute atomic E-state index is 0.143. The highest BCUT2D eigenvalue weighted by Gasteiger charge is 2.18. The standard InChI is InChI=1S/C25H27F2N5OS/c1-15-24(34-18-5-6-22-17(11-18)13-29-30-22)12-23(32(15)4)25(33)28-14-19-20(26)9-16(10-21(19)27)7-8-31(2)3/h5-6,9-13H,7-8,14H2,1-4H3,(H,28,33)(H,29,30). The van der Waals surface area contributed by atoms with E-state index in [2.05, 4.69) is 15.5 Å². The van der Waals surface area contributed by atoms with Gasteiger partial charge in [-0.2, -0.15) is 5.10 Å². The highest BCUT2D eigenvalue weighted by Crippen LogP contribution is 2.33. The van der Waals surface area contributed by atoms with Gasteiger partial charge < -0.3 is 14.8 Å². The van der Waals surface area contributed by atoms with Crippen LogP contribution in [0.3, 0.4) is 0 Å². The van der Waals surface area contributed by atoms with Crippen LogP contribution in [0.25, 0.3) is 10.9 Å². The summed E-state index contributed by atoms with van der Waals surface area (Å²) in [7, 11) is 5.61. The van der Waals surface area contributed by atoms with Crippen LogP contribution in [-0.4, -0.2) is 46.2 Å². The fraction of sp³-hybridized carbons (Fsp3) is 0.280. The third kappa shape index (κ3) is 5.15. The van der Waals surface area contributed by atoms with Crippen LogP contribution in [0.1, 0.15) is 27.3 Å². The summed E-state index contributed by atoms with van der Waals surface area (Å²) in [5, 5.41) is 10.6. The van der Waals surface area contributed by atoms with Gasteiger partial charge in [0.1, 0.15) is 17.3 Å². The second-order valence-corrected chi connectivity index (χ2v) is 9.65. The van der Waals surface area contributed by atoms with Gasteiger partial charge in [-0.15, -0.1) is 0 Å². The minimum Gasteiger partial charge on any atom is -0.346 e. The van der Waals surface area contributed by atoms with E-state index >= 15 is 0 Å². The Morgan fingerprint density at radius 2 is 1.91 bits per heavy atom. The molecule has 34 heavy (non-hydrogen) atoms. The Balaban J connectivity index is 1.46. The second kappa shape index (κ2) is 9.99. The molecule has 0 fully saturated rings. The fourth-order valence-electron chi connectivity index (χ4n) is 3.68. The molecule has 0 aliphatic heterocycles. The zero-order valence-corrected chi connectivity index (χ0v) is 20.4. The quantitative estimate of drug-likeness (QED) is 0.382. The van der Waals surface area contributed by atoms with Gasteiger partial charge in [-0.3, -0.25) is 9.89 Å². The van der Waals surface area contributed by atoms with Crippen LogP contribution < -0.4 is 5.32 Å². The van der Waals surface area contributed by atoms with Gasteiger partial charge in [-0.05, 0) is 69.4 Å². The summed E-state index contributed by atoms with van der Waals surface area (Å²) in [6.07, 6.45) is 2.31. The molecule has 4 aromatic rings. The monoisotopic (exact) mass is 483 g/mol. The Morgan fingerprint density at radius 3 is 2.62 bits per heavy atom. The molecular weight excluding hydrogens is 456 g/mol. The predicted octanol–water partition coefficient (Wildman–Crippen LogP) is 4.67. The van der Waals surface area contributed by atoms with E-state index in [9.17, 15) is 13.6 Å². The summed E-state index contributed by atoms with van der Waals surface area (Å²) < 4.78 is 30.9. The first-order valence-corrected chi connectivity index (χ1v) is 11.7. The van der Waals surface area contributed by atoms with E-state index in [4.69, 9.17) is 0 Å². The molecule has 2 aromatic heterocycles. The number of carbonyl (C=O) groups is 1. The Labute approximate surface area is 201 Å². The number of hydrogen-bond donors (Lipinski definition) is 2. The van der Waals surface area contributed by atoms with E-state index < -0.39 is 17.5 Å². The molecule has 1 amide bonds. The Kier molecular flexibility index (Phi) is 7.04. The van der Waals surface area contributed by atoms with Crippen molar-refractivity contribution in [3.63, 3.8) is 0 Å². The van der Waals surface area contributed by atoms with Crippen molar-refractivity contribution < 1.29 is 13.6 Å². The molecule has 2 heterocycles. The second-order valence-electron chi connectivity index (χ2n) is 8.53. The van der Waals surface area contributed by atoms with Crippen LogP contribution in [0, 0.1) is 18.6 Å². The van der Waals surface area contributed by atoms with E-state index in [1.807, 2.05) is 44.1 Å². The average molecular weight is 484 g/mol. The number of benzene rings is 2. The van der Waals surface area contributed by atoms with Gasteiger partial charge in [-0.1, -0.05) is 11.8 Å². The summed E-state index contributed by atoms with van der Waals surface area (Å²) in [5.74, 6) is -1.69. The van der Waals surface area contributed by atoms with E-state index in [0.29, 0.717) is 24.2 Å². The number of carbonyl (C=O) groups excluding carboxylic acids is 1. The summed E-state index contributed by atoms with van der Waals surface area (Å²) in [4.78, 5) is 16.8. The summed E-state index contributed by atoms with van der Waals surface area (Å²) in [5.41, 5.74) is 2.75. The third-order valence-corrected chi connectivity index (χ3v) is 6.96. The first-order chi connectivity index (χ1) is 16.2. The number of hydrogen-bond acceptors (Lipinski definition) is 4. The molecule has 4 rings (SSSR count). The topological polar surface area (TPSA) is 66.0 Å². The van der Waals surface area contributed by atoms with Gasteiger partial charge in [0, 0.05) is 46.6 Å². The zero-order chi connectivity index (χ0) is 24.4. The molecule has 178 valence electrons. The lowest BCUT2D eigenvalue weighted by atomic mass is 10.1. The fourth-order valence-corrected chi connectivity index (χ4v) is 4.72. The molecule has 0 atom stereocenters. The number of H-pyrrole nitrogens is 1. The normalized spacial score (nSPS) is 11.5. The molecule has 0 unspecified atom stereocenters. The van der Waals surface area contributed by atoms with E-state index in [1.165, 1.54) is 12.1 Å². The highest BCUT2D eigenvalue weighted by molar-refractivity contribution is 7.99. The largest absolute Gasteiger partial charge is 0.346 e. The first kappa shape index (κ1) is 24.0. The van der Waals surface area contributed by atoms with Gasteiger partial charge in [0.2, 0.25) is 0 Å². The van der Waals surface area contributed by atoms with Crippen LogP contribution in [0.5, 0.6) is 0 Å².